The minimum absolute atomic E-state index is 0.867. The van der Waals surface area contributed by atoms with Gasteiger partial charge in [-0.05, 0) is 151 Å². The summed E-state index contributed by atoms with van der Waals surface area (Å²) in [6.45, 7) is 7.49. The molecule has 6 fully saturated rings. The molecule has 0 unspecified atom stereocenters. The lowest BCUT2D eigenvalue weighted by Crippen LogP contribution is -2.52. The number of hydrogen-bond acceptors (Lipinski definition) is 1. The van der Waals surface area contributed by atoms with Gasteiger partial charge in [0.1, 0.15) is 0 Å². The van der Waals surface area contributed by atoms with Gasteiger partial charge in [-0.15, -0.1) is 0 Å². The minimum atomic E-state index is 0.867. The van der Waals surface area contributed by atoms with E-state index in [1.54, 1.807) is 5.57 Å². The molecule has 1 heteroatoms. The van der Waals surface area contributed by atoms with Crippen LogP contribution in [0.2, 0.25) is 0 Å². The van der Waals surface area contributed by atoms with Crippen LogP contribution in [0.25, 0.3) is 0 Å². The van der Waals surface area contributed by atoms with Crippen LogP contribution >= 0.6 is 0 Å². The van der Waals surface area contributed by atoms with Crippen molar-refractivity contribution < 1.29 is 0 Å². The van der Waals surface area contributed by atoms with E-state index in [0.29, 0.717) is 0 Å². The number of hydrogen-bond donors (Lipinski definition) is 0. The van der Waals surface area contributed by atoms with Crippen LogP contribution in [0.3, 0.4) is 0 Å². The molecule has 0 bridgehead atoms. The molecule has 44 heavy (non-hydrogen) atoms. The first kappa shape index (κ1) is 33.3. The Bertz CT molecular complexity index is 861. The molecule has 0 spiro atoms. The van der Waals surface area contributed by atoms with Crippen molar-refractivity contribution in [3.05, 3.63) is 23.3 Å². The first-order valence-corrected chi connectivity index (χ1v) is 20.7. The fourth-order valence-corrected chi connectivity index (χ4v) is 11.5. The summed E-state index contributed by atoms with van der Waals surface area (Å²) in [5, 5.41) is 0. The van der Waals surface area contributed by atoms with Crippen molar-refractivity contribution in [1.29, 1.82) is 0 Å². The van der Waals surface area contributed by atoms with Gasteiger partial charge in [-0.25, -0.2) is 0 Å². The number of nitrogens with zero attached hydrogens (tertiary/aromatic N) is 1. The smallest absolute Gasteiger partial charge is 0.0102 e. The van der Waals surface area contributed by atoms with E-state index in [4.69, 9.17) is 0 Å². The van der Waals surface area contributed by atoms with E-state index >= 15 is 0 Å². The largest absolute Gasteiger partial charge is 0.294 e. The molecule has 0 aromatic heterocycles. The third-order valence-corrected chi connectivity index (χ3v) is 14.5. The summed E-state index contributed by atoms with van der Waals surface area (Å²) in [6.07, 6.45) is 44.2. The Morgan fingerprint density at radius 2 is 0.818 bits per heavy atom. The van der Waals surface area contributed by atoms with Gasteiger partial charge in [-0.1, -0.05) is 101 Å². The van der Waals surface area contributed by atoms with Crippen LogP contribution in [0.15, 0.2) is 23.3 Å². The Morgan fingerprint density at radius 3 is 1.30 bits per heavy atom. The maximum absolute atomic E-state index is 3.22. The summed E-state index contributed by atoms with van der Waals surface area (Å²) < 4.78 is 0. The lowest BCUT2D eigenvalue weighted by Gasteiger charge is -2.49. The molecule has 0 atom stereocenters. The molecule has 0 heterocycles. The predicted molar refractivity (Wildman–Crippen MR) is 191 cm³/mol. The zero-order chi connectivity index (χ0) is 30.3. The van der Waals surface area contributed by atoms with Crippen molar-refractivity contribution in [3.63, 3.8) is 0 Å². The maximum atomic E-state index is 3.22. The summed E-state index contributed by atoms with van der Waals surface area (Å²) in [7, 11) is 0. The minimum Gasteiger partial charge on any atom is -0.294 e. The van der Waals surface area contributed by atoms with Crippen LogP contribution in [-0.2, 0) is 0 Å². The molecule has 250 valence electrons. The fraction of sp³-hybridized carbons (Fsp3) is 0.907. The highest BCUT2D eigenvalue weighted by Crippen LogP contribution is 2.45. The van der Waals surface area contributed by atoms with Gasteiger partial charge in [0.05, 0.1) is 0 Å². The molecule has 6 rings (SSSR count). The van der Waals surface area contributed by atoms with Gasteiger partial charge < -0.3 is 0 Å². The summed E-state index contributed by atoms with van der Waals surface area (Å²) in [6, 6.07) is 2.64. The Hall–Kier alpha value is -0.560. The molecule has 0 aliphatic heterocycles. The summed E-state index contributed by atoms with van der Waals surface area (Å²) in [5.41, 5.74) is 3.74. The number of rotatable bonds is 8. The topological polar surface area (TPSA) is 3.24 Å². The SMILES string of the molecule is CC(=CC1CCC(N(C2CCCCC2)C2CCC(C=C(C3CCC(C)CC3)C3CCC(C)CC3)CC2)CC1)C1CCCCC1. The van der Waals surface area contributed by atoms with Crippen molar-refractivity contribution in [2.75, 3.05) is 0 Å². The van der Waals surface area contributed by atoms with Crippen LogP contribution in [0.5, 0.6) is 0 Å². The lowest BCUT2D eigenvalue weighted by molar-refractivity contribution is 0.0143. The maximum Gasteiger partial charge on any atom is 0.0102 e. The second-order valence-corrected chi connectivity index (χ2v) is 17.7. The van der Waals surface area contributed by atoms with Gasteiger partial charge in [0, 0.05) is 18.1 Å². The zero-order valence-corrected chi connectivity index (χ0v) is 29.8. The van der Waals surface area contributed by atoms with E-state index in [1.165, 1.54) is 167 Å². The van der Waals surface area contributed by atoms with Gasteiger partial charge in [0.2, 0.25) is 0 Å². The average Bonchev–Trinajstić information content (AvgIpc) is 3.07. The monoisotopic (exact) mass is 604 g/mol. The molecule has 0 aromatic rings. The van der Waals surface area contributed by atoms with E-state index < -0.39 is 0 Å². The van der Waals surface area contributed by atoms with Crippen LogP contribution in [0.4, 0.5) is 0 Å². The van der Waals surface area contributed by atoms with Crippen molar-refractivity contribution in [3.8, 4) is 0 Å². The quantitative estimate of drug-likeness (QED) is 0.249. The molecular formula is C43H73N. The highest BCUT2D eigenvalue weighted by atomic mass is 15.2. The molecule has 6 saturated carbocycles. The second-order valence-electron chi connectivity index (χ2n) is 17.7. The molecule has 0 radical (unpaired) electrons. The van der Waals surface area contributed by atoms with Gasteiger partial charge in [-0.2, -0.15) is 0 Å². The first-order valence-electron chi connectivity index (χ1n) is 20.7. The van der Waals surface area contributed by atoms with Crippen molar-refractivity contribution >= 4 is 0 Å². The van der Waals surface area contributed by atoms with Crippen LogP contribution in [0, 0.1) is 41.4 Å². The van der Waals surface area contributed by atoms with Gasteiger partial charge in [0.15, 0.2) is 0 Å². The molecule has 6 aliphatic rings. The highest BCUT2D eigenvalue weighted by Gasteiger charge is 2.37. The molecule has 0 amide bonds. The Morgan fingerprint density at radius 1 is 0.409 bits per heavy atom. The van der Waals surface area contributed by atoms with Gasteiger partial charge in [-0.3, -0.25) is 4.90 Å². The normalized spacial score (nSPS) is 38.9. The highest BCUT2D eigenvalue weighted by molar-refractivity contribution is 5.15. The third-order valence-electron chi connectivity index (χ3n) is 14.5. The van der Waals surface area contributed by atoms with Gasteiger partial charge >= 0.3 is 0 Å². The van der Waals surface area contributed by atoms with Crippen molar-refractivity contribution in [2.45, 2.75) is 206 Å². The van der Waals surface area contributed by atoms with E-state index in [-0.39, 0.29) is 0 Å². The average molecular weight is 604 g/mol. The van der Waals surface area contributed by atoms with Crippen molar-refractivity contribution in [2.24, 2.45) is 41.4 Å². The van der Waals surface area contributed by atoms with E-state index in [1.807, 2.05) is 5.57 Å². The van der Waals surface area contributed by atoms with Crippen LogP contribution in [-0.4, -0.2) is 23.0 Å². The Kier molecular flexibility index (Phi) is 12.5. The Labute approximate surface area is 274 Å². The lowest BCUT2D eigenvalue weighted by atomic mass is 9.69. The fourth-order valence-electron chi connectivity index (χ4n) is 11.5. The molecule has 1 nitrogen and oxygen atoms in total. The van der Waals surface area contributed by atoms with E-state index in [2.05, 4.69) is 37.8 Å². The van der Waals surface area contributed by atoms with E-state index in [0.717, 1.165) is 59.6 Å². The summed E-state index contributed by atoms with van der Waals surface area (Å²) in [4.78, 5) is 3.22. The van der Waals surface area contributed by atoms with Gasteiger partial charge in [0.25, 0.3) is 0 Å². The standard InChI is InChI=1S/C43H73N/c1-32-14-22-38(23-15-32)43(39-24-16-33(2)17-25-39)31-36-20-28-42(29-21-36)44(40-12-8-5-9-13-40)41-26-18-35(19-27-41)30-34(3)37-10-6-4-7-11-37/h30-33,35-42H,4-29H2,1-3H3. The predicted octanol–water partition coefficient (Wildman–Crippen LogP) is 12.8. The van der Waals surface area contributed by atoms with Crippen LogP contribution in [0.1, 0.15) is 188 Å². The Balaban J connectivity index is 1.08. The van der Waals surface area contributed by atoms with Crippen molar-refractivity contribution in [1.82, 2.24) is 4.90 Å². The van der Waals surface area contributed by atoms with E-state index in [9.17, 15) is 0 Å². The molecule has 0 aromatic carbocycles. The molecular weight excluding hydrogens is 530 g/mol. The van der Waals surface area contributed by atoms with Crippen LogP contribution < -0.4 is 0 Å². The summed E-state index contributed by atoms with van der Waals surface area (Å²) >= 11 is 0. The molecule has 0 saturated heterocycles. The zero-order valence-electron chi connectivity index (χ0n) is 29.8. The molecule has 6 aliphatic carbocycles. The molecule has 0 N–H and O–H groups in total. The number of allylic oxidation sites excluding steroid dienone is 4. The third kappa shape index (κ3) is 8.86. The second kappa shape index (κ2) is 16.5. The summed E-state index contributed by atoms with van der Waals surface area (Å²) in [5.74, 6) is 6.43. The first-order chi connectivity index (χ1) is 21.5.